The molecule has 0 spiro atoms. The first-order chi connectivity index (χ1) is 15.3. The standard InChI is InChI=1S/C22H18BrClN2O4S2/c1-3-8-26-21(28)18(32-22(26)31)11-13-9-16(23)20(17(10-13)29-2)30-12-19(27)25-15-6-4-14(24)5-7-15/h3-7,9-11H,1,8,12H2,2H3,(H,25,27)/b18-11-. The third kappa shape index (κ3) is 5.92. The Hall–Kier alpha value is -2.33. The van der Waals surface area contributed by atoms with Crippen LogP contribution in [0.2, 0.25) is 5.02 Å². The number of methoxy groups -OCH3 is 1. The van der Waals surface area contributed by atoms with Gasteiger partial charge in [-0.2, -0.15) is 0 Å². The number of rotatable bonds is 8. The first-order valence-electron chi connectivity index (χ1n) is 9.24. The van der Waals surface area contributed by atoms with Gasteiger partial charge in [-0.3, -0.25) is 14.5 Å². The predicted molar refractivity (Wildman–Crippen MR) is 136 cm³/mol. The molecule has 2 aromatic rings. The van der Waals surface area contributed by atoms with Gasteiger partial charge in [-0.15, -0.1) is 6.58 Å². The SMILES string of the molecule is C=CCN1C(=O)/C(=C/c2cc(Br)c(OCC(=O)Nc3ccc(Cl)cc3)c(OC)c2)SC1=S. The van der Waals surface area contributed by atoms with Crippen LogP contribution in [-0.4, -0.2) is 41.3 Å². The van der Waals surface area contributed by atoms with Crippen molar-refractivity contribution in [2.24, 2.45) is 0 Å². The molecule has 1 saturated heterocycles. The van der Waals surface area contributed by atoms with Crippen molar-refractivity contribution < 1.29 is 19.1 Å². The number of carbonyl (C=O) groups excluding carboxylic acids is 2. The van der Waals surface area contributed by atoms with Gasteiger partial charge in [0, 0.05) is 17.3 Å². The Morgan fingerprint density at radius 3 is 2.72 bits per heavy atom. The van der Waals surface area contributed by atoms with Crippen molar-refractivity contribution in [1.82, 2.24) is 4.90 Å². The van der Waals surface area contributed by atoms with Gasteiger partial charge in [0.2, 0.25) is 0 Å². The van der Waals surface area contributed by atoms with Crippen molar-refractivity contribution in [2.45, 2.75) is 0 Å². The molecule has 1 heterocycles. The quantitative estimate of drug-likeness (QED) is 0.264. The zero-order chi connectivity index (χ0) is 23.3. The fourth-order valence-electron chi connectivity index (χ4n) is 2.77. The third-order valence-electron chi connectivity index (χ3n) is 4.21. The van der Waals surface area contributed by atoms with Crippen molar-refractivity contribution in [3.63, 3.8) is 0 Å². The van der Waals surface area contributed by atoms with Crippen LogP contribution in [0.15, 0.2) is 58.4 Å². The normalized spacial score (nSPS) is 14.6. The molecule has 0 atom stereocenters. The number of anilines is 1. The largest absolute Gasteiger partial charge is 0.493 e. The average molecular weight is 554 g/mol. The molecule has 1 fully saturated rings. The molecule has 6 nitrogen and oxygen atoms in total. The Morgan fingerprint density at radius 1 is 1.34 bits per heavy atom. The van der Waals surface area contributed by atoms with Crippen LogP contribution in [-0.2, 0) is 9.59 Å². The lowest BCUT2D eigenvalue weighted by Crippen LogP contribution is -2.27. The van der Waals surface area contributed by atoms with E-state index in [0.29, 0.717) is 48.0 Å². The molecule has 2 amide bonds. The number of halogens is 2. The second-order valence-corrected chi connectivity index (χ2v) is 9.43. The Morgan fingerprint density at radius 2 is 2.06 bits per heavy atom. The Labute approximate surface area is 208 Å². The molecule has 1 aliphatic heterocycles. The zero-order valence-electron chi connectivity index (χ0n) is 16.9. The summed E-state index contributed by atoms with van der Waals surface area (Å²) < 4.78 is 12.2. The van der Waals surface area contributed by atoms with E-state index in [0.717, 1.165) is 0 Å². The van der Waals surface area contributed by atoms with E-state index >= 15 is 0 Å². The lowest BCUT2D eigenvalue weighted by atomic mass is 10.2. The molecular formula is C22H18BrClN2O4S2. The molecule has 1 N–H and O–H groups in total. The fraction of sp³-hybridized carbons (Fsp3) is 0.136. The van der Waals surface area contributed by atoms with Gasteiger partial charge in [0.25, 0.3) is 11.8 Å². The summed E-state index contributed by atoms with van der Waals surface area (Å²) >= 11 is 15.8. The van der Waals surface area contributed by atoms with Crippen LogP contribution in [0.4, 0.5) is 5.69 Å². The maximum absolute atomic E-state index is 12.5. The maximum Gasteiger partial charge on any atom is 0.266 e. The second-order valence-electron chi connectivity index (χ2n) is 6.46. The number of thioether (sulfide) groups is 1. The lowest BCUT2D eigenvalue weighted by Gasteiger charge is -2.14. The lowest BCUT2D eigenvalue weighted by molar-refractivity contribution is -0.121. The number of nitrogens with zero attached hydrogens (tertiary/aromatic N) is 1. The zero-order valence-corrected chi connectivity index (χ0v) is 20.9. The number of ether oxygens (including phenoxy) is 2. The van der Waals surface area contributed by atoms with E-state index in [1.54, 1.807) is 48.6 Å². The van der Waals surface area contributed by atoms with Gasteiger partial charge in [-0.05, 0) is 64.0 Å². The van der Waals surface area contributed by atoms with Gasteiger partial charge in [-0.1, -0.05) is 41.7 Å². The van der Waals surface area contributed by atoms with E-state index in [1.807, 2.05) is 0 Å². The van der Waals surface area contributed by atoms with Crippen LogP contribution < -0.4 is 14.8 Å². The third-order valence-corrected chi connectivity index (χ3v) is 6.43. The van der Waals surface area contributed by atoms with Crippen molar-refractivity contribution in [3.05, 3.63) is 69.0 Å². The van der Waals surface area contributed by atoms with Crippen molar-refractivity contribution in [2.75, 3.05) is 25.6 Å². The highest BCUT2D eigenvalue weighted by Crippen LogP contribution is 2.39. The number of hydrogen-bond acceptors (Lipinski definition) is 6. The van der Waals surface area contributed by atoms with Gasteiger partial charge < -0.3 is 14.8 Å². The van der Waals surface area contributed by atoms with E-state index in [2.05, 4.69) is 27.8 Å². The molecule has 0 aliphatic carbocycles. The summed E-state index contributed by atoms with van der Waals surface area (Å²) in [5.41, 5.74) is 1.32. The predicted octanol–water partition coefficient (Wildman–Crippen LogP) is 5.52. The molecular weight excluding hydrogens is 536 g/mol. The number of carbonyl (C=O) groups is 2. The van der Waals surface area contributed by atoms with E-state index in [9.17, 15) is 9.59 Å². The minimum atomic E-state index is -0.337. The summed E-state index contributed by atoms with van der Waals surface area (Å²) in [4.78, 5) is 26.8. The minimum Gasteiger partial charge on any atom is -0.493 e. The molecule has 166 valence electrons. The number of amides is 2. The van der Waals surface area contributed by atoms with E-state index < -0.39 is 0 Å². The Bertz CT molecular complexity index is 1110. The number of thiocarbonyl (C=S) groups is 1. The van der Waals surface area contributed by atoms with E-state index in [-0.39, 0.29) is 18.4 Å². The summed E-state index contributed by atoms with van der Waals surface area (Å²) in [6, 6.07) is 10.3. The molecule has 0 radical (unpaired) electrons. The van der Waals surface area contributed by atoms with Gasteiger partial charge in [0.05, 0.1) is 16.5 Å². The molecule has 10 heteroatoms. The second kappa shape index (κ2) is 11.0. The van der Waals surface area contributed by atoms with Crippen LogP contribution in [0.25, 0.3) is 6.08 Å². The molecule has 0 unspecified atom stereocenters. The Balaban J connectivity index is 1.73. The van der Waals surface area contributed by atoms with Crippen molar-refractivity contribution in [3.8, 4) is 11.5 Å². The summed E-state index contributed by atoms with van der Waals surface area (Å²) in [6.45, 7) is 3.79. The molecule has 3 rings (SSSR count). The summed E-state index contributed by atoms with van der Waals surface area (Å²) in [5.74, 6) is 0.270. The molecule has 2 aromatic carbocycles. The topological polar surface area (TPSA) is 67.9 Å². The van der Waals surface area contributed by atoms with Crippen LogP contribution in [0.3, 0.4) is 0 Å². The van der Waals surface area contributed by atoms with Gasteiger partial charge in [0.15, 0.2) is 18.1 Å². The molecule has 0 saturated carbocycles. The van der Waals surface area contributed by atoms with Crippen molar-refractivity contribution >= 4 is 79.4 Å². The first kappa shape index (κ1) is 24.3. The van der Waals surface area contributed by atoms with Gasteiger partial charge in [-0.25, -0.2) is 0 Å². The summed E-state index contributed by atoms with van der Waals surface area (Å²) in [7, 11) is 1.50. The van der Waals surface area contributed by atoms with Crippen LogP contribution >= 0.6 is 51.5 Å². The highest BCUT2D eigenvalue weighted by Gasteiger charge is 2.31. The monoisotopic (exact) mass is 552 g/mol. The highest BCUT2D eigenvalue weighted by atomic mass is 79.9. The molecule has 0 aromatic heterocycles. The average Bonchev–Trinajstić information content (AvgIpc) is 3.02. The molecule has 1 aliphatic rings. The minimum absolute atomic E-state index is 0.172. The van der Waals surface area contributed by atoms with Crippen LogP contribution in [0.5, 0.6) is 11.5 Å². The van der Waals surface area contributed by atoms with Gasteiger partial charge >= 0.3 is 0 Å². The van der Waals surface area contributed by atoms with Gasteiger partial charge in [0.1, 0.15) is 4.32 Å². The van der Waals surface area contributed by atoms with E-state index in [4.69, 9.17) is 33.3 Å². The van der Waals surface area contributed by atoms with Crippen LogP contribution in [0, 0.1) is 0 Å². The fourth-order valence-corrected chi connectivity index (χ4v) is 4.74. The first-order valence-corrected chi connectivity index (χ1v) is 11.6. The number of hydrogen-bond donors (Lipinski definition) is 1. The van der Waals surface area contributed by atoms with Crippen molar-refractivity contribution in [1.29, 1.82) is 0 Å². The highest BCUT2D eigenvalue weighted by molar-refractivity contribution is 9.10. The summed E-state index contributed by atoms with van der Waals surface area (Å²) in [6.07, 6.45) is 3.36. The molecule has 32 heavy (non-hydrogen) atoms. The number of nitrogens with one attached hydrogen (secondary N) is 1. The number of benzene rings is 2. The van der Waals surface area contributed by atoms with E-state index in [1.165, 1.54) is 23.8 Å². The Kier molecular flexibility index (Phi) is 8.36. The van der Waals surface area contributed by atoms with Crippen LogP contribution in [0.1, 0.15) is 5.56 Å². The molecule has 0 bridgehead atoms. The summed E-state index contributed by atoms with van der Waals surface area (Å²) in [5, 5.41) is 3.31. The maximum atomic E-state index is 12.5. The smallest absolute Gasteiger partial charge is 0.266 e.